The molecule has 1 aliphatic rings. The lowest BCUT2D eigenvalue weighted by Crippen LogP contribution is -2.24. The van der Waals surface area contributed by atoms with Gasteiger partial charge < -0.3 is 4.90 Å². The maximum Gasteiger partial charge on any atom is 0.00899 e. The van der Waals surface area contributed by atoms with Crippen molar-refractivity contribution in [2.75, 3.05) is 13.6 Å². The van der Waals surface area contributed by atoms with Crippen LogP contribution in [0.5, 0.6) is 0 Å². The minimum absolute atomic E-state index is 0.815. The molecule has 0 bridgehead atoms. The van der Waals surface area contributed by atoms with Gasteiger partial charge in [0.05, 0.1) is 0 Å². The monoisotopic (exact) mass is 185 g/mol. The first-order valence-corrected chi connectivity index (χ1v) is 5.40. The highest BCUT2D eigenvalue weighted by molar-refractivity contribution is 4.77. The molecule has 0 aromatic carbocycles. The first-order chi connectivity index (χ1) is 6.13. The molecule has 0 radical (unpaired) electrons. The second-order valence-electron chi connectivity index (χ2n) is 3.40. The van der Waals surface area contributed by atoms with E-state index in [0.29, 0.717) is 0 Å². The van der Waals surface area contributed by atoms with Crippen molar-refractivity contribution in [1.29, 1.82) is 0 Å². The zero-order chi connectivity index (χ0) is 10.9. The Morgan fingerprint density at radius 1 is 1.31 bits per heavy atom. The molecule has 1 heteroatoms. The molecule has 0 spiro atoms. The average molecular weight is 185 g/mol. The number of allylic oxidation sites excluding steroid dienone is 1. The van der Waals surface area contributed by atoms with Crippen molar-refractivity contribution in [3.05, 3.63) is 12.7 Å². The Hall–Kier alpha value is -0.300. The molecule has 80 valence electrons. The second kappa shape index (κ2) is 9.79. The molecule has 1 saturated heterocycles. The molecule has 1 aliphatic heterocycles. The third kappa shape index (κ3) is 6.83. The van der Waals surface area contributed by atoms with Crippen LogP contribution in [-0.4, -0.2) is 24.5 Å². The van der Waals surface area contributed by atoms with Crippen LogP contribution in [0.3, 0.4) is 0 Å². The van der Waals surface area contributed by atoms with E-state index in [1.54, 1.807) is 6.08 Å². The topological polar surface area (TPSA) is 3.24 Å². The fraction of sp³-hybridized carbons (Fsp3) is 0.833. The summed E-state index contributed by atoms with van der Waals surface area (Å²) in [5.74, 6) is 0.917. The highest BCUT2D eigenvalue weighted by atomic mass is 15.1. The summed E-state index contributed by atoms with van der Waals surface area (Å²) in [5, 5.41) is 0. The Kier molecular flexibility index (Phi) is 11.4. The molecule has 1 heterocycles. The average Bonchev–Trinajstić information content (AvgIpc) is 2.42. The van der Waals surface area contributed by atoms with Gasteiger partial charge in [0.1, 0.15) is 0 Å². The lowest BCUT2D eigenvalue weighted by atomic mass is 10.1. The minimum atomic E-state index is 0.815. The van der Waals surface area contributed by atoms with Crippen molar-refractivity contribution in [1.82, 2.24) is 4.90 Å². The number of hydrogen-bond donors (Lipinski definition) is 0. The van der Waals surface area contributed by atoms with Gasteiger partial charge in [-0.2, -0.15) is 0 Å². The van der Waals surface area contributed by atoms with Gasteiger partial charge in [0, 0.05) is 6.04 Å². The zero-order valence-corrected chi connectivity index (χ0v) is 10.3. The Morgan fingerprint density at radius 2 is 1.69 bits per heavy atom. The lowest BCUT2D eigenvalue weighted by Gasteiger charge is -2.16. The van der Waals surface area contributed by atoms with Crippen LogP contribution in [0.2, 0.25) is 0 Å². The molecule has 2 unspecified atom stereocenters. The maximum atomic E-state index is 3.36. The van der Waals surface area contributed by atoms with E-state index in [1.165, 1.54) is 13.0 Å². The molecule has 0 aromatic heterocycles. The number of hydrogen-bond acceptors (Lipinski definition) is 1. The van der Waals surface area contributed by atoms with Crippen LogP contribution in [0.4, 0.5) is 0 Å². The largest absolute Gasteiger partial charge is 0.303 e. The molecule has 0 aromatic rings. The van der Waals surface area contributed by atoms with Crippen molar-refractivity contribution in [3.63, 3.8) is 0 Å². The van der Waals surface area contributed by atoms with Crippen molar-refractivity contribution in [3.8, 4) is 0 Å². The summed E-state index contributed by atoms with van der Waals surface area (Å²) in [6, 6.07) is 0.815. The maximum absolute atomic E-state index is 3.36. The molecule has 2 atom stereocenters. The molecule has 1 rings (SSSR count). The van der Waals surface area contributed by atoms with E-state index >= 15 is 0 Å². The molecular weight excluding hydrogens is 158 g/mol. The SMILES string of the molecule is C=CC.CC.CC1CCN(C)C1C. The molecule has 0 saturated carbocycles. The third-order valence-electron chi connectivity index (χ3n) is 2.46. The third-order valence-corrected chi connectivity index (χ3v) is 2.46. The molecule has 13 heavy (non-hydrogen) atoms. The summed E-state index contributed by atoms with van der Waals surface area (Å²) in [6.07, 6.45) is 3.14. The molecular formula is C12H27N. The van der Waals surface area contributed by atoms with Crippen LogP contribution in [-0.2, 0) is 0 Å². The van der Waals surface area contributed by atoms with Crippen LogP contribution < -0.4 is 0 Å². The quantitative estimate of drug-likeness (QED) is 0.522. The lowest BCUT2D eigenvalue weighted by molar-refractivity contribution is 0.301. The van der Waals surface area contributed by atoms with E-state index in [9.17, 15) is 0 Å². The van der Waals surface area contributed by atoms with E-state index in [0.717, 1.165) is 12.0 Å². The summed E-state index contributed by atoms with van der Waals surface area (Å²) >= 11 is 0. The van der Waals surface area contributed by atoms with E-state index < -0.39 is 0 Å². The first-order valence-electron chi connectivity index (χ1n) is 5.40. The molecule has 1 nitrogen and oxygen atoms in total. The van der Waals surface area contributed by atoms with Crippen LogP contribution in [0, 0.1) is 5.92 Å². The van der Waals surface area contributed by atoms with Crippen molar-refractivity contribution >= 4 is 0 Å². The molecule has 1 fully saturated rings. The van der Waals surface area contributed by atoms with Crippen molar-refractivity contribution in [2.45, 2.75) is 47.1 Å². The van der Waals surface area contributed by atoms with Gasteiger partial charge in [0.2, 0.25) is 0 Å². The van der Waals surface area contributed by atoms with Gasteiger partial charge in [-0.05, 0) is 39.8 Å². The Bertz CT molecular complexity index is 99.7. The van der Waals surface area contributed by atoms with E-state index in [-0.39, 0.29) is 0 Å². The standard InChI is InChI=1S/C7H15N.C3H6.C2H6/c1-6-4-5-8(3)7(6)2;1-3-2;1-2/h6-7H,4-5H2,1-3H3;3H,1H2,2H3;1-2H3. The predicted octanol–water partition coefficient (Wildman–Crippen LogP) is 3.57. The van der Waals surface area contributed by atoms with Gasteiger partial charge in [-0.1, -0.05) is 26.8 Å². The Morgan fingerprint density at radius 3 is 1.77 bits per heavy atom. The summed E-state index contributed by atoms with van der Waals surface area (Å²) in [6.45, 7) is 15.2. The van der Waals surface area contributed by atoms with Crippen LogP contribution in [0.1, 0.15) is 41.0 Å². The van der Waals surface area contributed by atoms with E-state index in [1.807, 2.05) is 20.8 Å². The van der Waals surface area contributed by atoms with Gasteiger partial charge >= 0.3 is 0 Å². The summed E-state index contributed by atoms with van der Waals surface area (Å²) in [5.41, 5.74) is 0. The first kappa shape index (κ1) is 15.2. The predicted molar refractivity (Wildman–Crippen MR) is 63.1 cm³/mol. The van der Waals surface area contributed by atoms with Crippen LogP contribution >= 0.6 is 0 Å². The van der Waals surface area contributed by atoms with Gasteiger partial charge in [-0.15, -0.1) is 6.58 Å². The molecule has 0 aliphatic carbocycles. The fourth-order valence-electron chi connectivity index (χ4n) is 1.29. The fourth-order valence-corrected chi connectivity index (χ4v) is 1.29. The Balaban J connectivity index is 0. The van der Waals surface area contributed by atoms with Gasteiger partial charge in [-0.25, -0.2) is 0 Å². The van der Waals surface area contributed by atoms with E-state index in [2.05, 4.69) is 32.4 Å². The molecule has 0 amide bonds. The van der Waals surface area contributed by atoms with Gasteiger partial charge in [0.15, 0.2) is 0 Å². The highest BCUT2D eigenvalue weighted by Crippen LogP contribution is 2.20. The van der Waals surface area contributed by atoms with Crippen molar-refractivity contribution < 1.29 is 0 Å². The summed E-state index contributed by atoms with van der Waals surface area (Å²) < 4.78 is 0. The molecule has 0 N–H and O–H groups in total. The van der Waals surface area contributed by atoms with Crippen molar-refractivity contribution in [2.24, 2.45) is 5.92 Å². The summed E-state index contributed by atoms with van der Waals surface area (Å²) in [7, 11) is 2.20. The normalized spacial score (nSPS) is 26.6. The highest BCUT2D eigenvalue weighted by Gasteiger charge is 2.23. The summed E-state index contributed by atoms with van der Waals surface area (Å²) in [4.78, 5) is 2.42. The Labute approximate surface area is 84.8 Å². The number of likely N-dealkylation sites (tertiary alicyclic amines) is 1. The van der Waals surface area contributed by atoms with Gasteiger partial charge in [0.25, 0.3) is 0 Å². The smallest absolute Gasteiger partial charge is 0.00899 e. The second-order valence-corrected chi connectivity index (χ2v) is 3.40. The minimum Gasteiger partial charge on any atom is -0.303 e. The zero-order valence-electron chi connectivity index (χ0n) is 10.3. The van der Waals surface area contributed by atoms with Gasteiger partial charge in [-0.3, -0.25) is 0 Å². The van der Waals surface area contributed by atoms with Crippen LogP contribution in [0.15, 0.2) is 12.7 Å². The van der Waals surface area contributed by atoms with Crippen LogP contribution in [0.25, 0.3) is 0 Å². The number of nitrogens with zero attached hydrogens (tertiary/aromatic N) is 1. The van der Waals surface area contributed by atoms with E-state index in [4.69, 9.17) is 0 Å². The number of rotatable bonds is 0.